The number of carbonyl (C=O) groups is 3. The molecule has 1 atom stereocenters. The van der Waals surface area contributed by atoms with E-state index in [-0.39, 0.29) is 23.6 Å². The highest BCUT2D eigenvalue weighted by Crippen LogP contribution is 2.27. The van der Waals surface area contributed by atoms with E-state index in [2.05, 4.69) is 9.97 Å². The number of amides is 3. The maximum absolute atomic E-state index is 12.6. The van der Waals surface area contributed by atoms with Crippen molar-refractivity contribution in [1.29, 1.82) is 0 Å². The fourth-order valence-electron chi connectivity index (χ4n) is 4.01. The van der Waals surface area contributed by atoms with Crippen molar-refractivity contribution in [3.63, 3.8) is 0 Å². The lowest BCUT2D eigenvalue weighted by Gasteiger charge is -2.32. The van der Waals surface area contributed by atoms with Gasteiger partial charge in [-0.05, 0) is 31.4 Å². The molecule has 7 heteroatoms. The van der Waals surface area contributed by atoms with Crippen LogP contribution < -0.4 is 0 Å². The van der Waals surface area contributed by atoms with E-state index < -0.39 is 0 Å². The van der Waals surface area contributed by atoms with E-state index in [0.717, 1.165) is 36.2 Å². The van der Waals surface area contributed by atoms with E-state index in [1.165, 1.54) is 4.90 Å². The number of aromatic nitrogens is 2. The molecule has 0 spiro atoms. The summed E-state index contributed by atoms with van der Waals surface area (Å²) in [6.07, 6.45) is 3.47. The van der Waals surface area contributed by atoms with Gasteiger partial charge in [0, 0.05) is 44.8 Å². The Hall–Kier alpha value is -2.70. The molecule has 0 saturated carbocycles. The van der Waals surface area contributed by atoms with E-state index >= 15 is 0 Å². The first-order chi connectivity index (χ1) is 13.1. The first kappa shape index (κ1) is 17.7. The summed E-state index contributed by atoms with van der Waals surface area (Å²) in [7, 11) is 0. The first-order valence-electron chi connectivity index (χ1n) is 9.67. The number of hydrogen-bond donors (Lipinski definition) is 1. The Kier molecular flexibility index (Phi) is 4.92. The Morgan fingerprint density at radius 2 is 1.96 bits per heavy atom. The van der Waals surface area contributed by atoms with Gasteiger partial charge < -0.3 is 9.88 Å². The number of aromatic amines is 1. The SMILES string of the molecule is O=C(CCCN1C(=O)CCC1=O)N1CCC[C@H](c2nc3ccccc3[nH]2)C1. The molecule has 1 aromatic carbocycles. The highest BCUT2D eigenvalue weighted by atomic mass is 16.2. The quantitative estimate of drug-likeness (QED) is 0.820. The molecule has 2 saturated heterocycles. The van der Waals surface area contributed by atoms with Crippen LogP contribution in [0, 0.1) is 0 Å². The number of imide groups is 1. The summed E-state index contributed by atoms with van der Waals surface area (Å²) >= 11 is 0. The molecule has 7 nitrogen and oxygen atoms in total. The van der Waals surface area contributed by atoms with Crippen molar-refractivity contribution in [1.82, 2.24) is 19.8 Å². The number of piperidine rings is 1. The molecule has 142 valence electrons. The van der Waals surface area contributed by atoms with Crippen LogP contribution in [0.5, 0.6) is 0 Å². The van der Waals surface area contributed by atoms with Crippen LogP contribution in [0.1, 0.15) is 50.3 Å². The number of hydrogen-bond acceptors (Lipinski definition) is 4. The van der Waals surface area contributed by atoms with Crippen molar-refractivity contribution in [3.05, 3.63) is 30.1 Å². The number of para-hydroxylation sites is 2. The van der Waals surface area contributed by atoms with E-state index in [4.69, 9.17) is 0 Å². The summed E-state index contributed by atoms with van der Waals surface area (Å²) in [6, 6.07) is 7.96. The smallest absolute Gasteiger partial charge is 0.229 e. The van der Waals surface area contributed by atoms with Gasteiger partial charge in [-0.2, -0.15) is 0 Å². The topological polar surface area (TPSA) is 86.4 Å². The Labute approximate surface area is 157 Å². The van der Waals surface area contributed by atoms with E-state index in [1.54, 1.807) is 0 Å². The average Bonchev–Trinajstić information content (AvgIpc) is 3.26. The lowest BCUT2D eigenvalue weighted by molar-refractivity contribution is -0.139. The molecule has 3 amide bonds. The van der Waals surface area contributed by atoms with Gasteiger partial charge in [-0.15, -0.1) is 0 Å². The second-order valence-electron chi connectivity index (χ2n) is 7.36. The maximum Gasteiger partial charge on any atom is 0.229 e. The number of nitrogens with one attached hydrogen (secondary N) is 1. The van der Waals surface area contributed by atoms with Gasteiger partial charge in [0.25, 0.3) is 0 Å². The van der Waals surface area contributed by atoms with Crippen LogP contribution in [-0.2, 0) is 14.4 Å². The predicted molar refractivity (Wildman–Crippen MR) is 99.8 cm³/mol. The molecule has 27 heavy (non-hydrogen) atoms. The molecule has 2 aliphatic rings. The Morgan fingerprint density at radius 3 is 2.74 bits per heavy atom. The molecule has 4 rings (SSSR count). The van der Waals surface area contributed by atoms with Gasteiger partial charge in [-0.25, -0.2) is 4.98 Å². The minimum atomic E-state index is -0.115. The average molecular weight is 368 g/mol. The van der Waals surface area contributed by atoms with Crippen LogP contribution in [0.25, 0.3) is 11.0 Å². The number of likely N-dealkylation sites (tertiary alicyclic amines) is 2. The lowest BCUT2D eigenvalue weighted by atomic mass is 9.97. The van der Waals surface area contributed by atoms with Crippen molar-refractivity contribution in [2.24, 2.45) is 0 Å². The molecule has 2 aliphatic heterocycles. The Bertz CT molecular complexity index is 826. The number of carbonyl (C=O) groups excluding carboxylic acids is 3. The fourth-order valence-corrected chi connectivity index (χ4v) is 4.01. The standard InChI is InChI=1S/C20H24N4O3/c25-17(8-4-12-24-18(26)9-10-19(24)27)23-11-3-5-14(13-23)20-21-15-6-1-2-7-16(15)22-20/h1-2,6-7,14H,3-5,8-13H2,(H,21,22)/t14-/m0/s1. The first-order valence-corrected chi connectivity index (χ1v) is 9.67. The molecule has 1 aromatic heterocycles. The summed E-state index contributed by atoms with van der Waals surface area (Å²) in [5.41, 5.74) is 1.98. The fraction of sp³-hybridized carbons (Fsp3) is 0.500. The van der Waals surface area contributed by atoms with Crippen molar-refractivity contribution >= 4 is 28.8 Å². The summed E-state index contributed by atoms with van der Waals surface area (Å²) in [4.78, 5) is 47.1. The van der Waals surface area contributed by atoms with Gasteiger partial charge in [0.05, 0.1) is 11.0 Å². The number of rotatable bonds is 5. The zero-order valence-corrected chi connectivity index (χ0v) is 15.3. The van der Waals surface area contributed by atoms with Gasteiger partial charge in [0.1, 0.15) is 5.82 Å². The van der Waals surface area contributed by atoms with E-state index in [9.17, 15) is 14.4 Å². The minimum absolute atomic E-state index is 0.0925. The third-order valence-corrected chi connectivity index (χ3v) is 5.50. The summed E-state index contributed by atoms with van der Waals surface area (Å²) in [5, 5.41) is 0. The third kappa shape index (κ3) is 3.72. The van der Waals surface area contributed by atoms with Crippen LogP contribution in [0.4, 0.5) is 0 Å². The van der Waals surface area contributed by atoms with Gasteiger partial charge in [-0.3, -0.25) is 19.3 Å². The monoisotopic (exact) mass is 368 g/mol. The van der Waals surface area contributed by atoms with E-state index in [1.807, 2.05) is 29.2 Å². The molecular formula is C20H24N4O3. The van der Waals surface area contributed by atoms with Gasteiger partial charge in [-0.1, -0.05) is 12.1 Å². The zero-order chi connectivity index (χ0) is 18.8. The second kappa shape index (κ2) is 7.50. The predicted octanol–water partition coefficient (Wildman–Crippen LogP) is 2.20. The van der Waals surface area contributed by atoms with Crippen molar-refractivity contribution in [3.8, 4) is 0 Å². The van der Waals surface area contributed by atoms with Crippen LogP contribution >= 0.6 is 0 Å². The van der Waals surface area contributed by atoms with Gasteiger partial charge in [0.15, 0.2) is 0 Å². The molecule has 2 fully saturated rings. The van der Waals surface area contributed by atoms with Crippen LogP contribution in [0.15, 0.2) is 24.3 Å². The number of imidazole rings is 1. The number of nitrogens with zero attached hydrogens (tertiary/aromatic N) is 3. The third-order valence-electron chi connectivity index (χ3n) is 5.50. The molecular weight excluding hydrogens is 344 g/mol. The second-order valence-corrected chi connectivity index (χ2v) is 7.36. The lowest BCUT2D eigenvalue weighted by Crippen LogP contribution is -2.39. The van der Waals surface area contributed by atoms with Crippen LogP contribution in [0.3, 0.4) is 0 Å². The molecule has 2 aromatic rings. The highest BCUT2D eigenvalue weighted by Gasteiger charge is 2.29. The van der Waals surface area contributed by atoms with E-state index in [0.29, 0.717) is 38.8 Å². The molecule has 0 aliphatic carbocycles. The maximum atomic E-state index is 12.6. The van der Waals surface area contributed by atoms with Crippen LogP contribution in [-0.4, -0.2) is 57.1 Å². The molecule has 0 unspecified atom stereocenters. The Morgan fingerprint density at radius 1 is 1.19 bits per heavy atom. The summed E-state index contributed by atoms with van der Waals surface area (Å²) in [6.45, 7) is 1.78. The zero-order valence-electron chi connectivity index (χ0n) is 15.3. The van der Waals surface area contributed by atoms with Crippen molar-refractivity contribution < 1.29 is 14.4 Å². The largest absolute Gasteiger partial charge is 0.342 e. The number of benzene rings is 1. The normalized spacial score (nSPS) is 20.7. The highest BCUT2D eigenvalue weighted by molar-refractivity contribution is 6.01. The van der Waals surface area contributed by atoms with Gasteiger partial charge in [0.2, 0.25) is 17.7 Å². The molecule has 1 N–H and O–H groups in total. The number of H-pyrrole nitrogens is 1. The molecule has 3 heterocycles. The minimum Gasteiger partial charge on any atom is -0.342 e. The Balaban J connectivity index is 1.32. The molecule has 0 radical (unpaired) electrons. The van der Waals surface area contributed by atoms with Crippen molar-refractivity contribution in [2.75, 3.05) is 19.6 Å². The van der Waals surface area contributed by atoms with Gasteiger partial charge >= 0.3 is 0 Å². The number of fused-ring (bicyclic) bond motifs is 1. The molecule has 0 bridgehead atoms. The summed E-state index contributed by atoms with van der Waals surface area (Å²) < 4.78 is 0. The van der Waals surface area contributed by atoms with Crippen molar-refractivity contribution in [2.45, 2.75) is 44.4 Å². The summed E-state index contributed by atoms with van der Waals surface area (Å²) in [5.74, 6) is 1.03. The van der Waals surface area contributed by atoms with Crippen LogP contribution in [0.2, 0.25) is 0 Å².